The zero-order valence-corrected chi connectivity index (χ0v) is 6.40. The molecule has 0 amide bonds. The third kappa shape index (κ3) is 0.806. The zero-order valence-electron chi connectivity index (χ0n) is 6.40. The minimum Gasteiger partial charge on any atom is -0.488 e. The van der Waals surface area contributed by atoms with Gasteiger partial charge in [0.25, 0.3) is 0 Å². The van der Waals surface area contributed by atoms with Crippen LogP contribution in [0.3, 0.4) is 0 Å². The van der Waals surface area contributed by atoms with Crippen molar-refractivity contribution in [1.29, 1.82) is 0 Å². The quantitative estimate of drug-likeness (QED) is 0.540. The first-order valence-corrected chi connectivity index (χ1v) is 3.37. The lowest BCUT2D eigenvalue weighted by Gasteiger charge is -2.15. The molecule has 0 spiro atoms. The molecular weight excluding hydrogens is 144 g/mol. The van der Waals surface area contributed by atoms with E-state index in [2.05, 4.69) is 15.5 Å². The zero-order chi connectivity index (χ0) is 7.84. The van der Waals surface area contributed by atoms with Crippen LogP contribution < -0.4 is 0 Å². The molecule has 0 atom stereocenters. The van der Waals surface area contributed by atoms with E-state index in [0.717, 1.165) is 17.3 Å². The van der Waals surface area contributed by atoms with Gasteiger partial charge in [0.05, 0.1) is 5.70 Å². The summed E-state index contributed by atoms with van der Waals surface area (Å²) in [6, 6.07) is 0. The van der Waals surface area contributed by atoms with Crippen LogP contribution in [-0.4, -0.2) is 20.2 Å². The number of fused-ring (bicyclic) bond motifs is 1. The number of hydrogen-bond acceptors (Lipinski definition) is 4. The van der Waals surface area contributed by atoms with E-state index in [1.807, 2.05) is 13.8 Å². The van der Waals surface area contributed by atoms with Gasteiger partial charge in [0, 0.05) is 0 Å². The van der Waals surface area contributed by atoms with E-state index in [4.69, 9.17) is 4.74 Å². The molecule has 5 heteroatoms. The second-order valence-corrected chi connectivity index (χ2v) is 2.44. The largest absolute Gasteiger partial charge is 0.488 e. The van der Waals surface area contributed by atoms with Crippen LogP contribution in [0.15, 0.2) is 5.76 Å². The predicted molar refractivity (Wildman–Crippen MR) is 37.2 cm³/mol. The summed E-state index contributed by atoms with van der Waals surface area (Å²) in [7, 11) is 0. The lowest BCUT2D eigenvalue weighted by molar-refractivity contribution is 0.180. The predicted octanol–water partition coefficient (Wildman–Crippen LogP) is 0.412. The number of ether oxygens (including phenoxy) is 1. The monoisotopic (exact) mass is 152 g/mol. The average Bonchev–Trinajstić information content (AvgIpc) is 2.45. The fourth-order valence-corrected chi connectivity index (χ4v) is 0.983. The smallest absolute Gasteiger partial charge is 0.193 e. The van der Waals surface area contributed by atoms with E-state index in [9.17, 15) is 0 Å². The molecule has 2 heterocycles. The molecule has 0 N–H and O–H groups in total. The summed E-state index contributed by atoms with van der Waals surface area (Å²) < 4.78 is 6.98. The molecule has 0 fully saturated rings. The second kappa shape index (κ2) is 2.05. The molecule has 2 rings (SSSR count). The van der Waals surface area contributed by atoms with E-state index in [1.165, 1.54) is 0 Å². The fourth-order valence-electron chi connectivity index (χ4n) is 0.983. The minimum absolute atomic E-state index is 0.468. The van der Waals surface area contributed by atoms with Crippen molar-refractivity contribution in [2.45, 2.75) is 20.5 Å². The number of rotatable bonds is 0. The van der Waals surface area contributed by atoms with Gasteiger partial charge in [0.15, 0.2) is 5.82 Å². The lowest BCUT2D eigenvalue weighted by atomic mass is 10.4. The molecule has 0 aliphatic carbocycles. The Balaban J connectivity index is 2.57. The van der Waals surface area contributed by atoms with Gasteiger partial charge < -0.3 is 4.74 Å². The van der Waals surface area contributed by atoms with Gasteiger partial charge in [-0.3, -0.25) is 0 Å². The number of aromatic nitrogens is 4. The highest BCUT2D eigenvalue weighted by Gasteiger charge is 2.15. The third-order valence-electron chi connectivity index (χ3n) is 1.78. The molecule has 1 aromatic heterocycles. The van der Waals surface area contributed by atoms with Crippen molar-refractivity contribution < 1.29 is 4.74 Å². The summed E-state index contributed by atoms with van der Waals surface area (Å²) >= 11 is 0. The highest BCUT2D eigenvalue weighted by atomic mass is 16.5. The first kappa shape index (κ1) is 6.33. The summed E-state index contributed by atoms with van der Waals surface area (Å²) in [5.41, 5.74) is 0.955. The molecular formula is C6H8N4O. The number of hydrogen-bond donors (Lipinski definition) is 0. The maximum atomic E-state index is 5.29. The maximum Gasteiger partial charge on any atom is 0.193 e. The van der Waals surface area contributed by atoms with Crippen LogP contribution in [0.25, 0.3) is 5.70 Å². The van der Waals surface area contributed by atoms with Crippen molar-refractivity contribution in [3.63, 3.8) is 0 Å². The number of allylic oxidation sites excluding steroid dienone is 2. The van der Waals surface area contributed by atoms with E-state index in [1.54, 1.807) is 4.68 Å². The number of tetrazole rings is 1. The SMILES string of the molecule is CC1=C(C)n2nnnc2CO1. The van der Waals surface area contributed by atoms with Crippen LogP contribution in [0, 0.1) is 0 Å². The van der Waals surface area contributed by atoms with E-state index in [0.29, 0.717) is 6.61 Å². The second-order valence-electron chi connectivity index (χ2n) is 2.44. The molecule has 5 nitrogen and oxygen atoms in total. The Kier molecular flexibility index (Phi) is 1.18. The van der Waals surface area contributed by atoms with Crippen LogP contribution in [0.5, 0.6) is 0 Å². The van der Waals surface area contributed by atoms with E-state index >= 15 is 0 Å². The molecule has 0 radical (unpaired) electrons. The molecule has 1 aliphatic heterocycles. The van der Waals surface area contributed by atoms with Gasteiger partial charge >= 0.3 is 0 Å². The topological polar surface area (TPSA) is 52.8 Å². The normalized spacial score (nSPS) is 16.2. The van der Waals surface area contributed by atoms with Crippen molar-refractivity contribution in [3.05, 3.63) is 11.6 Å². The average molecular weight is 152 g/mol. The molecule has 0 saturated carbocycles. The highest BCUT2D eigenvalue weighted by molar-refractivity contribution is 5.45. The highest BCUT2D eigenvalue weighted by Crippen LogP contribution is 2.17. The van der Waals surface area contributed by atoms with Crippen LogP contribution in [0.4, 0.5) is 0 Å². The van der Waals surface area contributed by atoms with Crippen molar-refractivity contribution in [3.8, 4) is 0 Å². The van der Waals surface area contributed by atoms with Gasteiger partial charge in [-0.05, 0) is 24.3 Å². The van der Waals surface area contributed by atoms with Gasteiger partial charge in [0.1, 0.15) is 12.4 Å². The molecule has 0 unspecified atom stereocenters. The Bertz CT molecular complexity index is 314. The Morgan fingerprint density at radius 2 is 2.27 bits per heavy atom. The Labute approximate surface area is 63.7 Å². The molecule has 11 heavy (non-hydrogen) atoms. The van der Waals surface area contributed by atoms with Crippen LogP contribution >= 0.6 is 0 Å². The summed E-state index contributed by atoms with van der Waals surface area (Å²) in [5.74, 6) is 1.64. The third-order valence-corrected chi connectivity index (χ3v) is 1.78. The van der Waals surface area contributed by atoms with E-state index in [-0.39, 0.29) is 0 Å². The fraction of sp³-hybridized carbons (Fsp3) is 0.500. The molecule has 58 valence electrons. The summed E-state index contributed by atoms with van der Waals surface area (Å²) in [6.45, 7) is 4.30. The molecule has 1 aromatic rings. The molecule has 1 aliphatic rings. The Hall–Kier alpha value is -1.39. The van der Waals surface area contributed by atoms with Crippen LogP contribution in [0.1, 0.15) is 19.7 Å². The molecule has 0 aromatic carbocycles. The van der Waals surface area contributed by atoms with Crippen LogP contribution in [-0.2, 0) is 11.3 Å². The van der Waals surface area contributed by atoms with E-state index < -0.39 is 0 Å². The van der Waals surface area contributed by atoms with Crippen molar-refractivity contribution >= 4 is 5.70 Å². The number of nitrogens with zero attached hydrogens (tertiary/aromatic N) is 4. The Morgan fingerprint density at radius 1 is 1.45 bits per heavy atom. The lowest BCUT2D eigenvalue weighted by Crippen LogP contribution is -2.12. The summed E-state index contributed by atoms with van der Waals surface area (Å²) in [5, 5.41) is 11.1. The van der Waals surface area contributed by atoms with Gasteiger partial charge in [0.2, 0.25) is 0 Å². The van der Waals surface area contributed by atoms with Crippen molar-refractivity contribution in [2.75, 3.05) is 0 Å². The van der Waals surface area contributed by atoms with Crippen LogP contribution in [0.2, 0.25) is 0 Å². The van der Waals surface area contributed by atoms with Crippen molar-refractivity contribution in [1.82, 2.24) is 20.2 Å². The maximum absolute atomic E-state index is 5.29. The molecule has 0 bridgehead atoms. The van der Waals surface area contributed by atoms with Gasteiger partial charge in [-0.15, -0.1) is 5.10 Å². The summed E-state index contributed by atoms with van der Waals surface area (Å²) in [6.07, 6.45) is 0. The standard InChI is InChI=1S/C6H8N4O/c1-4-5(2)11-3-6-7-8-9-10(4)6/h3H2,1-2H3. The van der Waals surface area contributed by atoms with Gasteiger partial charge in [-0.2, -0.15) is 4.68 Å². The minimum atomic E-state index is 0.468. The first-order valence-electron chi connectivity index (χ1n) is 3.37. The van der Waals surface area contributed by atoms with Gasteiger partial charge in [-0.25, -0.2) is 0 Å². The van der Waals surface area contributed by atoms with Gasteiger partial charge in [-0.1, -0.05) is 0 Å². The molecule has 0 saturated heterocycles. The Morgan fingerprint density at radius 3 is 3.09 bits per heavy atom. The van der Waals surface area contributed by atoms with Crippen molar-refractivity contribution in [2.24, 2.45) is 0 Å². The summed E-state index contributed by atoms with van der Waals surface area (Å²) in [4.78, 5) is 0. The first-order chi connectivity index (χ1) is 5.29.